The zero-order valence-electron chi connectivity index (χ0n) is 12.5. The van der Waals surface area contributed by atoms with Crippen molar-refractivity contribution >= 4 is 46.0 Å². The van der Waals surface area contributed by atoms with Crippen LogP contribution in [0, 0.1) is 3.70 Å². The lowest BCUT2D eigenvalue weighted by molar-refractivity contribution is 0.538. The highest BCUT2D eigenvalue weighted by molar-refractivity contribution is 14.1. The van der Waals surface area contributed by atoms with Gasteiger partial charge in [0.05, 0.1) is 0 Å². The molecule has 0 amide bonds. The number of hydrogen-bond donors (Lipinski definition) is 1. The Morgan fingerprint density at radius 1 is 1.22 bits per heavy atom. The number of anilines is 4. The van der Waals surface area contributed by atoms with E-state index in [2.05, 4.69) is 59.0 Å². The molecule has 0 fully saturated rings. The molecule has 1 aliphatic heterocycles. The highest BCUT2D eigenvalue weighted by Crippen LogP contribution is 2.29. The largest absolute Gasteiger partial charge is 0.311 e. The molecule has 1 aliphatic rings. The van der Waals surface area contributed by atoms with Gasteiger partial charge >= 0.3 is 0 Å². The van der Waals surface area contributed by atoms with E-state index in [1.807, 2.05) is 30.1 Å². The fourth-order valence-electron chi connectivity index (χ4n) is 2.64. The van der Waals surface area contributed by atoms with Gasteiger partial charge in [-0.3, -0.25) is 4.68 Å². The molecule has 8 nitrogen and oxygen atoms in total. The minimum absolute atomic E-state index is 0.535. The molecule has 23 heavy (non-hydrogen) atoms. The van der Waals surface area contributed by atoms with Gasteiger partial charge in [0.1, 0.15) is 15.3 Å². The number of nitrogens with zero attached hydrogens (tertiary/aromatic N) is 7. The molecular weight excluding hydrogens is 407 g/mol. The molecule has 9 heteroatoms. The van der Waals surface area contributed by atoms with Gasteiger partial charge in [-0.2, -0.15) is 15.2 Å². The summed E-state index contributed by atoms with van der Waals surface area (Å²) < 4.78 is 4.75. The summed E-state index contributed by atoms with van der Waals surface area (Å²) in [6, 6.07) is 5.88. The van der Waals surface area contributed by atoms with Crippen LogP contribution in [0.2, 0.25) is 0 Å². The van der Waals surface area contributed by atoms with Crippen LogP contribution in [-0.2, 0) is 13.6 Å². The van der Waals surface area contributed by atoms with Gasteiger partial charge in [-0.25, -0.2) is 9.67 Å². The molecule has 1 N–H and O–H groups in total. The van der Waals surface area contributed by atoms with Crippen LogP contribution in [-0.4, -0.2) is 36.1 Å². The molecule has 0 aliphatic carbocycles. The molecule has 0 atom stereocenters. The molecule has 0 bridgehead atoms. The normalized spacial score (nSPS) is 13.9. The Morgan fingerprint density at radius 3 is 2.96 bits per heavy atom. The molecule has 0 aromatic carbocycles. The maximum Gasteiger partial charge on any atom is 0.230 e. The van der Waals surface area contributed by atoms with Gasteiger partial charge in [0.25, 0.3) is 0 Å². The fourth-order valence-corrected chi connectivity index (χ4v) is 3.18. The average molecular weight is 422 g/mol. The van der Waals surface area contributed by atoms with E-state index in [0.29, 0.717) is 5.95 Å². The van der Waals surface area contributed by atoms with Crippen molar-refractivity contribution in [2.75, 3.05) is 16.8 Å². The lowest BCUT2D eigenvalue weighted by Gasteiger charge is -2.28. The van der Waals surface area contributed by atoms with E-state index >= 15 is 0 Å². The van der Waals surface area contributed by atoms with Crippen molar-refractivity contribution in [3.05, 3.63) is 34.3 Å². The monoisotopic (exact) mass is 422 g/mol. The molecule has 0 spiro atoms. The van der Waals surface area contributed by atoms with Crippen molar-refractivity contribution in [2.24, 2.45) is 7.05 Å². The zero-order chi connectivity index (χ0) is 15.8. The van der Waals surface area contributed by atoms with Crippen molar-refractivity contribution in [3.8, 4) is 0 Å². The van der Waals surface area contributed by atoms with Crippen LogP contribution in [0.4, 0.5) is 23.4 Å². The van der Waals surface area contributed by atoms with Crippen LogP contribution in [0.25, 0.3) is 0 Å². The highest BCUT2D eigenvalue weighted by Gasteiger charge is 2.21. The Bertz CT molecular complexity index is 839. The Balaban J connectivity index is 1.64. The van der Waals surface area contributed by atoms with Crippen molar-refractivity contribution < 1.29 is 0 Å². The number of nitrogens with one attached hydrogen (secondary N) is 1. The predicted octanol–water partition coefficient (Wildman–Crippen LogP) is 2.30. The molecule has 3 aromatic rings. The van der Waals surface area contributed by atoms with Crippen molar-refractivity contribution in [1.82, 2.24) is 29.5 Å². The van der Waals surface area contributed by atoms with Crippen LogP contribution in [0.15, 0.2) is 30.6 Å². The Kier molecular flexibility index (Phi) is 3.63. The Hall–Kier alpha value is -2.17. The van der Waals surface area contributed by atoms with E-state index in [4.69, 9.17) is 0 Å². The first kappa shape index (κ1) is 14.4. The van der Waals surface area contributed by atoms with Gasteiger partial charge < -0.3 is 10.2 Å². The molecule has 4 heterocycles. The summed E-state index contributed by atoms with van der Waals surface area (Å²) in [5.74, 6) is 3.19. The van der Waals surface area contributed by atoms with Gasteiger partial charge in [0, 0.05) is 44.7 Å². The maximum absolute atomic E-state index is 4.62. The first-order valence-corrected chi connectivity index (χ1v) is 8.37. The second kappa shape index (κ2) is 5.80. The molecular formula is C14H15IN8. The van der Waals surface area contributed by atoms with E-state index < -0.39 is 0 Å². The summed E-state index contributed by atoms with van der Waals surface area (Å²) in [6.45, 7) is 1.86. The van der Waals surface area contributed by atoms with Crippen molar-refractivity contribution in [3.63, 3.8) is 0 Å². The number of fused-ring (bicyclic) bond motifs is 1. The number of rotatable bonds is 3. The summed E-state index contributed by atoms with van der Waals surface area (Å²) >= 11 is 2.24. The van der Waals surface area contributed by atoms with Gasteiger partial charge in [-0.1, -0.05) is 0 Å². The van der Waals surface area contributed by atoms with Crippen LogP contribution >= 0.6 is 22.6 Å². The lowest BCUT2D eigenvalue weighted by Crippen LogP contribution is -2.28. The fraction of sp³-hybridized carbons (Fsp3) is 0.286. The third-order valence-electron chi connectivity index (χ3n) is 3.63. The molecule has 0 saturated carbocycles. The highest BCUT2D eigenvalue weighted by atomic mass is 127. The first-order chi connectivity index (χ1) is 11.2. The lowest BCUT2D eigenvalue weighted by atomic mass is 10.3. The van der Waals surface area contributed by atoms with Crippen LogP contribution in [0.5, 0.6) is 0 Å². The molecule has 118 valence electrons. The maximum atomic E-state index is 4.62. The number of halogens is 1. The smallest absolute Gasteiger partial charge is 0.230 e. The van der Waals surface area contributed by atoms with E-state index in [1.54, 1.807) is 10.9 Å². The first-order valence-electron chi connectivity index (χ1n) is 7.30. The second-order valence-electron chi connectivity index (χ2n) is 5.29. The molecule has 0 unspecified atom stereocenters. The topological polar surface area (TPSA) is 76.7 Å². The van der Waals surface area contributed by atoms with E-state index in [1.165, 1.54) is 0 Å². The molecule has 0 saturated heterocycles. The van der Waals surface area contributed by atoms with Crippen LogP contribution in [0.3, 0.4) is 0 Å². The van der Waals surface area contributed by atoms with Gasteiger partial charge in [-0.05, 0) is 35.1 Å². The number of aromatic nitrogens is 6. The van der Waals surface area contributed by atoms with Gasteiger partial charge in [0.2, 0.25) is 5.95 Å². The Labute approximate surface area is 146 Å². The molecule has 4 rings (SSSR count). The van der Waals surface area contributed by atoms with Gasteiger partial charge in [0.15, 0.2) is 5.82 Å². The van der Waals surface area contributed by atoms with E-state index in [9.17, 15) is 0 Å². The van der Waals surface area contributed by atoms with Crippen LogP contribution < -0.4 is 10.2 Å². The quantitative estimate of drug-likeness (QED) is 0.653. The third kappa shape index (κ3) is 2.87. The second-order valence-corrected chi connectivity index (χ2v) is 6.40. The summed E-state index contributed by atoms with van der Waals surface area (Å²) in [5, 5.41) is 11.9. The molecule has 0 radical (unpaired) electrons. The number of hydrogen-bond acceptors (Lipinski definition) is 6. The zero-order valence-corrected chi connectivity index (χ0v) is 14.7. The van der Waals surface area contributed by atoms with E-state index in [-0.39, 0.29) is 0 Å². The average Bonchev–Trinajstić information content (AvgIpc) is 3.11. The minimum Gasteiger partial charge on any atom is -0.311 e. The van der Waals surface area contributed by atoms with Crippen molar-refractivity contribution in [2.45, 2.75) is 13.0 Å². The van der Waals surface area contributed by atoms with Gasteiger partial charge in [-0.15, -0.1) is 0 Å². The van der Waals surface area contributed by atoms with E-state index in [0.717, 1.165) is 40.7 Å². The number of aryl methyl sites for hydroxylation is 2. The SMILES string of the molecule is Cn1ccc(Nc2nccc(N3CCCn4nc(I)cc43)n2)n1. The van der Waals surface area contributed by atoms with Crippen molar-refractivity contribution in [1.29, 1.82) is 0 Å². The minimum atomic E-state index is 0.535. The van der Waals surface area contributed by atoms with Crippen LogP contribution in [0.1, 0.15) is 6.42 Å². The summed E-state index contributed by atoms with van der Waals surface area (Å²) in [4.78, 5) is 11.1. The molecule has 3 aromatic heterocycles. The standard InChI is InChI=1S/C14H15IN8/c1-21-8-4-11(20-21)17-14-16-5-3-12(18-14)22-6-2-7-23-13(22)9-10(15)19-23/h3-5,8-9H,2,6-7H2,1H3,(H,16,17,18,20). The summed E-state index contributed by atoms with van der Waals surface area (Å²) in [7, 11) is 1.87. The third-order valence-corrected chi connectivity index (χ3v) is 4.16. The predicted molar refractivity (Wildman–Crippen MR) is 95.1 cm³/mol. The summed E-state index contributed by atoms with van der Waals surface area (Å²) in [6.07, 6.45) is 4.67. The Morgan fingerprint density at radius 2 is 2.13 bits per heavy atom. The summed E-state index contributed by atoms with van der Waals surface area (Å²) in [5.41, 5.74) is 0.